The van der Waals surface area contributed by atoms with Crippen molar-refractivity contribution in [1.29, 1.82) is 0 Å². The van der Waals surface area contributed by atoms with Crippen molar-refractivity contribution in [3.8, 4) is 0 Å². The highest BCUT2D eigenvalue weighted by Gasteiger charge is 2.51. The van der Waals surface area contributed by atoms with Crippen molar-refractivity contribution in [2.24, 2.45) is 23.2 Å². The van der Waals surface area contributed by atoms with Gasteiger partial charge in [0.15, 0.2) is 8.32 Å². The molecule has 160 valence electrons. The molecule has 0 saturated heterocycles. The van der Waals surface area contributed by atoms with Gasteiger partial charge in [0.05, 0.1) is 5.60 Å². The minimum absolute atomic E-state index is 0.193. The van der Waals surface area contributed by atoms with Gasteiger partial charge in [0.1, 0.15) is 5.78 Å². The van der Waals surface area contributed by atoms with E-state index in [0.717, 1.165) is 19.3 Å². The fourth-order valence-electron chi connectivity index (χ4n) is 6.23. The molecule has 0 heterocycles. The van der Waals surface area contributed by atoms with Crippen LogP contribution in [0, 0.1) is 23.2 Å². The van der Waals surface area contributed by atoms with Gasteiger partial charge < -0.3 is 4.43 Å². The standard InChI is InChI=1S/C26H40O2Si/c1-19(21-16-17-23-24(27)13-10-18-26(21,23)4)14-15-20-11-8-9-12-22(20)25(2,3)28-29(5,6)7/h8-9,11-12,14-15,19,21,23H,10,13,16-18H2,1-7H3. The number of rotatable bonds is 6. The molecule has 0 amide bonds. The van der Waals surface area contributed by atoms with Crippen LogP contribution in [0.2, 0.25) is 19.6 Å². The normalized spacial score (nSPS) is 29.3. The minimum atomic E-state index is -1.66. The Morgan fingerprint density at radius 1 is 1.21 bits per heavy atom. The molecule has 2 fully saturated rings. The molecule has 0 aromatic heterocycles. The summed E-state index contributed by atoms with van der Waals surface area (Å²) in [6.07, 6.45) is 10.0. The Kier molecular flexibility index (Phi) is 6.32. The van der Waals surface area contributed by atoms with Crippen LogP contribution in [0.4, 0.5) is 0 Å². The molecule has 3 rings (SSSR count). The van der Waals surface area contributed by atoms with Gasteiger partial charge in [-0.25, -0.2) is 0 Å². The van der Waals surface area contributed by atoms with Crippen LogP contribution >= 0.6 is 0 Å². The van der Waals surface area contributed by atoms with Gasteiger partial charge in [-0.1, -0.05) is 50.3 Å². The van der Waals surface area contributed by atoms with Crippen LogP contribution in [0.25, 0.3) is 6.08 Å². The van der Waals surface area contributed by atoms with Crippen LogP contribution < -0.4 is 0 Å². The van der Waals surface area contributed by atoms with Crippen LogP contribution in [0.3, 0.4) is 0 Å². The van der Waals surface area contributed by atoms with Crippen LogP contribution in [0.5, 0.6) is 0 Å². The summed E-state index contributed by atoms with van der Waals surface area (Å²) in [5, 5.41) is 0. The molecule has 3 heteroatoms. The van der Waals surface area contributed by atoms with Gasteiger partial charge in [-0.05, 0) is 87.5 Å². The van der Waals surface area contributed by atoms with Crippen molar-refractivity contribution in [1.82, 2.24) is 0 Å². The molecule has 0 N–H and O–H groups in total. The molecule has 0 spiro atoms. The smallest absolute Gasteiger partial charge is 0.184 e. The molecule has 4 unspecified atom stereocenters. The van der Waals surface area contributed by atoms with Gasteiger partial charge in [0, 0.05) is 12.3 Å². The van der Waals surface area contributed by atoms with Crippen LogP contribution in [-0.4, -0.2) is 14.1 Å². The third-order valence-corrected chi connectivity index (χ3v) is 8.44. The molecule has 1 aromatic carbocycles. The number of fused-ring (bicyclic) bond motifs is 1. The Hall–Kier alpha value is -1.19. The molecule has 2 saturated carbocycles. The van der Waals surface area contributed by atoms with E-state index in [2.05, 4.69) is 83.8 Å². The minimum Gasteiger partial charge on any atom is -0.409 e. The van der Waals surface area contributed by atoms with Crippen LogP contribution in [0.1, 0.15) is 70.9 Å². The molecule has 0 radical (unpaired) electrons. The summed E-state index contributed by atoms with van der Waals surface area (Å²) in [6.45, 7) is 15.9. The van der Waals surface area contributed by atoms with E-state index >= 15 is 0 Å². The van der Waals surface area contributed by atoms with Gasteiger partial charge >= 0.3 is 0 Å². The van der Waals surface area contributed by atoms with Crippen molar-refractivity contribution in [2.45, 2.75) is 85.0 Å². The van der Waals surface area contributed by atoms with Crippen molar-refractivity contribution >= 4 is 20.2 Å². The Morgan fingerprint density at radius 3 is 2.59 bits per heavy atom. The second kappa shape index (κ2) is 8.15. The SMILES string of the molecule is CC(C=Cc1ccccc1C(C)(C)O[Si](C)(C)C)C1CCC2C(=O)CCCC21C. The predicted octanol–water partition coefficient (Wildman–Crippen LogP) is 7.21. The fourth-order valence-corrected chi connectivity index (χ4v) is 7.88. The maximum Gasteiger partial charge on any atom is 0.184 e. The quantitative estimate of drug-likeness (QED) is 0.461. The molecule has 4 atom stereocenters. The van der Waals surface area contributed by atoms with E-state index in [1.807, 2.05) is 0 Å². The number of Topliss-reactive ketones (excluding diaryl/α,β-unsaturated/α-hetero) is 1. The largest absolute Gasteiger partial charge is 0.409 e. The maximum atomic E-state index is 12.5. The first kappa shape index (κ1) is 22.5. The molecule has 1 aromatic rings. The number of hydrogen-bond acceptors (Lipinski definition) is 2. The number of carbonyl (C=O) groups excluding carboxylic acids is 1. The first-order chi connectivity index (χ1) is 13.4. The van der Waals surface area contributed by atoms with Crippen LogP contribution in [-0.2, 0) is 14.8 Å². The molecule has 2 nitrogen and oxygen atoms in total. The van der Waals surface area contributed by atoms with Gasteiger partial charge in [0.25, 0.3) is 0 Å². The lowest BCUT2D eigenvalue weighted by Crippen LogP contribution is -2.39. The number of ketones is 1. The Labute approximate surface area is 179 Å². The van der Waals surface area contributed by atoms with Crippen molar-refractivity contribution in [3.63, 3.8) is 0 Å². The number of allylic oxidation sites excluding steroid dienone is 1. The molecule has 0 bridgehead atoms. The van der Waals surface area contributed by atoms with Crippen molar-refractivity contribution in [3.05, 3.63) is 41.5 Å². The van der Waals surface area contributed by atoms with Gasteiger partial charge in [0.2, 0.25) is 0 Å². The Balaban J connectivity index is 1.81. The lowest BCUT2D eigenvalue weighted by atomic mass is 9.62. The molecule has 29 heavy (non-hydrogen) atoms. The Bertz CT molecular complexity index is 773. The number of benzene rings is 1. The summed E-state index contributed by atoms with van der Waals surface area (Å²) in [6, 6.07) is 8.64. The van der Waals surface area contributed by atoms with Gasteiger partial charge in [-0.3, -0.25) is 4.79 Å². The van der Waals surface area contributed by atoms with E-state index in [1.165, 1.54) is 24.0 Å². The molecule has 2 aliphatic rings. The first-order valence-electron chi connectivity index (χ1n) is 11.4. The second-order valence-electron chi connectivity index (χ2n) is 11.1. The summed E-state index contributed by atoms with van der Waals surface area (Å²) in [5.74, 6) is 1.90. The first-order valence-corrected chi connectivity index (χ1v) is 14.9. The Morgan fingerprint density at radius 2 is 1.90 bits per heavy atom. The van der Waals surface area contributed by atoms with Crippen molar-refractivity contribution < 1.29 is 9.22 Å². The monoisotopic (exact) mass is 412 g/mol. The topological polar surface area (TPSA) is 26.3 Å². The zero-order chi connectivity index (χ0) is 21.4. The molecular formula is C26H40O2Si. The second-order valence-corrected chi connectivity index (χ2v) is 15.5. The third-order valence-electron chi connectivity index (χ3n) is 7.32. The summed E-state index contributed by atoms with van der Waals surface area (Å²) in [7, 11) is -1.66. The lowest BCUT2D eigenvalue weighted by molar-refractivity contribution is -0.129. The van der Waals surface area contributed by atoms with E-state index in [9.17, 15) is 4.79 Å². The average molecular weight is 413 g/mol. The molecule has 0 aliphatic heterocycles. The lowest BCUT2D eigenvalue weighted by Gasteiger charge is -2.41. The zero-order valence-corrected chi connectivity index (χ0v) is 20.5. The molecular weight excluding hydrogens is 372 g/mol. The highest BCUT2D eigenvalue weighted by molar-refractivity contribution is 6.69. The van der Waals surface area contributed by atoms with E-state index in [0.29, 0.717) is 23.5 Å². The highest BCUT2D eigenvalue weighted by atomic mass is 28.4. The van der Waals surface area contributed by atoms with E-state index < -0.39 is 8.32 Å². The van der Waals surface area contributed by atoms with E-state index in [4.69, 9.17) is 4.43 Å². The highest BCUT2D eigenvalue weighted by Crippen LogP contribution is 2.56. The van der Waals surface area contributed by atoms with Gasteiger partial charge in [-0.2, -0.15) is 0 Å². The fraction of sp³-hybridized carbons (Fsp3) is 0.654. The predicted molar refractivity (Wildman–Crippen MR) is 125 cm³/mol. The number of carbonyl (C=O) groups is 1. The summed E-state index contributed by atoms with van der Waals surface area (Å²) in [4.78, 5) is 12.5. The van der Waals surface area contributed by atoms with Gasteiger partial charge in [-0.15, -0.1) is 0 Å². The number of hydrogen-bond donors (Lipinski definition) is 0. The van der Waals surface area contributed by atoms with E-state index in [-0.39, 0.29) is 11.0 Å². The van der Waals surface area contributed by atoms with Crippen LogP contribution in [0.15, 0.2) is 30.3 Å². The summed E-state index contributed by atoms with van der Waals surface area (Å²) >= 11 is 0. The molecule has 2 aliphatic carbocycles. The summed E-state index contributed by atoms with van der Waals surface area (Å²) in [5.41, 5.74) is 2.41. The maximum absolute atomic E-state index is 12.5. The van der Waals surface area contributed by atoms with E-state index in [1.54, 1.807) is 0 Å². The zero-order valence-electron chi connectivity index (χ0n) is 19.5. The summed E-state index contributed by atoms with van der Waals surface area (Å²) < 4.78 is 6.52. The average Bonchev–Trinajstić information content (AvgIpc) is 2.96. The third kappa shape index (κ3) is 4.77. The van der Waals surface area contributed by atoms with Crippen molar-refractivity contribution in [2.75, 3.05) is 0 Å².